The number of nitrogens with two attached hydrogens (primary N) is 1. The number of thioether (sulfide) groups is 1. The van der Waals surface area contributed by atoms with E-state index in [4.69, 9.17) is 5.14 Å². The highest BCUT2D eigenvalue weighted by atomic mass is 32.2. The fraction of sp³-hybridized carbons (Fsp3) is 0.500. The largest absolute Gasteiger partial charge is 0.359 e. The molecule has 0 aliphatic carbocycles. The van der Waals surface area contributed by atoms with E-state index in [-0.39, 0.29) is 10.4 Å². The molecule has 116 valence electrons. The van der Waals surface area contributed by atoms with Crippen molar-refractivity contribution in [1.82, 2.24) is 5.32 Å². The van der Waals surface area contributed by atoms with Crippen molar-refractivity contribution >= 4 is 27.0 Å². The molecule has 1 aromatic rings. The Hall–Kier alpha value is -1.05. The van der Waals surface area contributed by atoms with Crippen molar-refractivity contribution in [2.24, 2.45) is 10.1 Å². The van der Waals surface area contributed by atoms with Gasteiger partial charge in [0, 0.05) is 11.3 Å². The summed E-state index contributed by atoms with van der Waals surface area (Å²) in [5.41, 5.74) is 1.13. The lowest BCUT2D eigenvalue weighted by Gasteiger charge is -2.25. The molecule has 0 atom stereocenters. The number of nitrogens with zero attached hydrogens (tertiary/aromatic N) is 1. The van der Waals surface area contributed by atoms with Gasteiger partial charge in [0.2, 0.25) is 10.0 Å². The van der Waals surface area contributed by atoms with Gasteiger partial charge in [0.25, 0.3) is 0 Å². The SMILES string of the molecule is CCC1(CC)CSC(=NCc2ccc(S(N)(=O)=O)cc2)N1. The molecule has 0 aromatic heterocycles. The van der Waals surface area contributed by atoms with E-state index < -0.39 is 10.0 Å². The molecule has 1 saturated heterocycles. The maximum absolute atomic E-state index is 11.2. The standard InChI is InChI=1S/C14H21N3O2S2/c1-3-14(4-2)10-20-13(17-14)16-9-11-5-7-12(8-6-11)21(15,18)19/h5-8H,3-4,9-10H2,1-2H3,(H,16,17)(H2,15,18,19). The second-order valence-corrected chi connectivity index (χ2v) is 7.74. The van der Waals surface area contributed by atoms with Crippen LogP contribution in [0.25, 0.3) is 0 Å². The third-order valence-corrected chi connectivity index (χ3v) is 6.00. The zero-order valence-electron chi connectivity index (χ0n) is 12.3. The minimum absolute atomic E-state index is 0.128. The van der Waals surface area contributed by atoms with Crippen LogP contribution in [-0.2, 0) is 16.6 Å². The summed E-state index contributed by atoms with van der Waals surface area (Å²) in [5, 5.41) is 9.55. The van der Waals surface area contributed by atoms with Crippen molar-refractivity contribution in [3.8, 4) is 0 Å². The van der Waals surface area contributed by atoms with Gasteiger partial charge in [-0.1, -0.05) is 37.7 Å². The maximum Gasteiger partial charge on any atom is 0.238 e. The zero-order chi connectivity index (χ0) is 15.5. The number of primary sulfonamides is 1. The van der Waals surface area contributed by atoms with E-state index in [1.165, 1.54) is 12.1 Å². The van der Waals surface area contributed by atoms with Crippen LogP contribution >= 0.6 is 11.8 Å². The maximum atomic E-state index is 11.2. The van der Waals surface area contributed by atoms with E-state index in [2.05, 4.69) is 24.2 Å². The van der Waals surface area contributed by atoms with Gasteiger partial charge in [0.05, 0.1) is 11.4 Å². The summed E-state index contributed by atoms with van der Waals surface area (Å²) in [6.07, 6.45) is 2.16. The normalized spacial score (nSPS) is 19.7. The average molecular weight is 327 g/mol. The number of hydrogen-bond donors (Lipinski definition) is 2. The minimum Gasteiger partial charge on any atom is -0.359 e. The molecular weight excluding hydrogens is 306 g/mol. The summed E-state index contributed by atoms with van der Waals surface area (Å²) in [5.74, 6) is 1.04. The van der Waals surface area contributed by atoms with Gasteiger partial charge in [-0.25, -0.2) is 13.6 Å². The van der Waals surface area contributed by atoms with Gasteiger partial charge in [-0.3, -0.25) is 4.99 Å². The molecule has 21 heavy (non-hydrogen) atoms. The van der Waals surface area contributed by atoms with Crippen molar-refractivity contribution in [3.05, 3.63) is 29.8 Å². The Morgan fingerprint density at radius 3 is 2.38 bits per heavy atom. The first kappa shape index (κ1) is 16.3. The second kappa shape index (κ2) is 6.37. The minimum atomic E-state index is -3.62. The Bertz CT molecular complexity index is 620. The number of sulfonamides is 1. The Balaban J connectivity index is 2.02. The smallest absolute Gasteiger partial charge is 0.238 e. The Labute approximate surface area is 130 Å². The van der Waals surface area contributed by atoms with E-state index in [9.17, 15) is 8.42 Å². The molecule has 0 spiro atoms. The van der Waals surface area contributed by atoms with E-state index in [0.29, 0.717) is 6.54 Å². The molecule has 0 unspecified atom stereocenters. The van der Waals surface area contributed by atoms with Crippen molar-refractivity contribution < 1.29 is 8.42 Å². The van der Waals surface area contributed by atoms with Gasteiger partial charge in [0.15, 0.2) is 5.17 Å². The fourth-order valence-corrected chi connectivity index (χ4v) is 4.02. The van der Waals surface area contributed by atoms with Crippen LogP contribution in [0.15, 0.2) is 34.2 Å². The number of benzene rings is 1. The topological polar surface area (TPSA) is 84.5 Å². The lowest BCUT2D eigenvalue weighted by molar-refractivity contribution is 0.407. The quantitative estimate of drug-likeness (QED) is 0.867. The molecule has 3 N–H and O–H groups in total. The van der Waals surface area contributed by atoms with Gasteiger partial charge < -0.3 is 5.32 Å². The van der Waals surface area contributed by atoms with Crippen molar-refractivity contribution in [1.29, 1.82) is 0 Å². The summed E-state index contributed by atoms with van der Waals surface area (Å²) < 4.78 is 22.4. The monoisotopic (exact) mass is 327 g/mol. The first-order chi connectivity index (χ1) is 9.88. The molecule has 0 radical (unpaired) electrons. The van der Waals surface area contributed by atoms with Crippen molar-refractivity contribution in [3.63, 3.8) is 0 Å². The summed E-state index contributed by atoms with van der Waals surface area (Å²) >= 11 is 1.75. The van der Waals surface area contributed by atoms with Crippen LogP contribution in [0.2, 0.25) is 0 Å². The number of nitrogens with one attached hydrogen (secondary N) is 1. The van der Waals surface area contributed by atoms with Gasteiger partial charge >= 0.3 is 0 Å². The van der Waals surface area contributed by atoms with Crippen molar-refractivity contribution in [2.75, 3.05) is 5.75 Å². The zero-order valence-corrected chi connectivity index (χ0v) is 13.9. The molecule has 5 nitrogen and oxygen atoms in total. The van der Waals surface area contributed by atoms with E-state index in [0.717, 1.165) is 29.3 Å². The summed E-state index contributed by atoms with van der Waals surface area (Å²) in [6.45, 7) is 4.90. The molecule has 1 aromatic carbocycles. The highest BCUT2D eigenvalue weighted by Gasteiger charge is 2.33. The number of aliphatic imine (C=N–C) groups is 1. The highest BCUT2D eigenvalue weighted by Crippen LogP contribution is 2.29. The predicted octanol–water partition coefficient (Wildman–Crippen LogP) is 2.09. The molecule has 0 bridgehead atoms. The lowest BCUT2D eigenvalue weighted by atomic mass is 9.96. The highest BCUT2D eigenvalue weighted by molar-refractivity contribution is 8.14. The van der Waals surface area contributed by atoms with E-state index in [1.807, 2.05) is 0 Å². The molecule has 1 heterocycles. The molecule has 0 saturated carbocycles. The molecule has 2 rings (SSSR count). The Kier molecular flexibility index (Phi) is 4.95. The Morgan fingerprint density at radius 1 is 1.29 bits per heavy atom. The molecule has 1 aliphatic rings. The lowest BCUT2D eigenvalue weighted by Crippen LogP contribution is -2.42. The van der Waals surface area contributed by atoms with Crippen LogP contribution in [0.4, 0.5) is 0 Å². The van der Waals surface area contributed by atoms with Gasteiger partial charge in [0.1, 0.15) is 0 Å². The van der Waals surface area contributed by atoms with Crippen LogP contribution in [-0.4, -0.2) is 24.9 Å². The molecular formula is C14H21N3O2S2. The van der Waals surface area contributed by atoms with E-state index >= 15 is 0 Å². The third-order valence-electron chi connectivity index (χ3n) is 3.87. The van der Waals surface area contributed by atoms with Crippen LogP contribution in [0.3, 0.4) is 0 Å². The van der Waals surface area contributed by atoms with Crippen LogP contribution in [0, 0.1) is 0 Å². The fourth-order valence-electron chi connectivity index (χ4n) is 2.17. The van der Waals surface area contributed by atoms with Gasteiger partial charge in [-0.15, -0.1) is 0 Å². The average Bonchev–Trinajstić information content (AvgIpc) is 2.89. The first-order valence-corrected chi connectivity index (χ1v) is 9.49. The van der Waals surface area contributed by atoms with Gasteiger partial charge in [-0.05, 0) is 30.5 Å². The van der Waals surface area contributed by atoms with Crippen LogP contribution < -0.4 is 10.5 Å². The molecule has 1 aliphatic heterocycles. The predicted molar refractivity (Wildman–Crippen MR) is 87.9 cm³/mol. The summed E-state index contributed by atoms with van der Waals surface area (Å²) in [6, 6.07) is 6.53. The first-order valence-electron chi connectivity index (χ1n) is 6.96. The van der Waals surface area contributed by atoms with E-state index in [1.54, 1.807) is 23.9 Å². The Morgan fingerprint density at radius 2 is 1.90 bits per heavy atom. The number of amidine groups is 1. The third kappa shape index (κ3) is 3.99. The molecule has 0 amide bonds. The van der Waals surface area contributed by atoms with Crippen molar-refractivity contribution in [2.45, 2.75) is 43.7 Å². The van der Waals surface area contributed by atoms with Gasteiger partial charge in [-0.2, -0.15) is 0 Å². The molecule has 1 fully saturated rings. The second-order valence-electron chi connectivity index (χ2n) is 5.21. The molecule has 7 heteroatoms. The summed E-state index contributed by atoms with van der Waals surface area (Å²) in [4.78, 5) is 4.69. The number of hydrogen-bond acceptors (Lipinski definition) is 4. The van der Waals surface area contributed by atoms with Crippen LogP contribution in [0.1, 0.15) is 32.3 Å². The number of rotatable bonds is 5. The van der Waals surface area contributed by atoms with Crippen LogP contribution in [0.5, 0.6) is 0 Å². The summed E-state index contributed by atoms with van der Waals surface area (Å²) in [7, 11) is -3.62.